The number of guanidine groups is 1. The van der Waals surface area contributed by atoms with Crippen molar-refractivity contribution in [3.8, 4) is 0 Å². The molecule has 0 bridgehead atoms. The van der Waals surface area contributed by atoms with Crippen LogP contribution in [0.4, 0.5) is 0 Å². The molecule has 1 aromatic carbocycles. The van der Waals surface area contributed by atoms with E-state index in [-0.39, 0.29) is 11.4 Å². The summed E-state index contributed by atoms with van der Waals surface area (Å²) in [6.45, 7) is 8.42. The number of nitrogens with two attached hydrogens (primary N) is 2. The molecule has 0 spiro atoms. The van der Waals surface area contributed by atoms with Crippen molar-refractivity contribution >= 4 is 11.7 Å². The topological polar surface area (TPSA) is 76.8 Å². The average molecular weight is 232 g/mol. The van der Waals surface area contributed by atoms with Gasteiger partial charge in [0.05, 0.1) is 5.71 Å². The van der Waals surface area contributed by atoms with E-state index in [1.54, 1.807) is 0 Å². The van der Waals surface area contributed by atoms with E-state index >= 15 is 0 Å². The summed E-state index contributed by atoms with van der Waals surface area (Å²) >= 11 is 0. The third kappa shape index (κ3) is 3.90. The van der Waals surface area contributed by atoms with E-state index < -0.39 is 0 Å². The maximum absolute atomic E-state index is 5.22. The van der Waals surface area contributed by atoms with Gasteiger partial charge in [0.2, 0.25) is 5.96 Å². The van der Waals surface area contributed by atoms with E-state index in [4.69, 9.17) is 11.5 Å². The molecule has 17 heavy (non-hydrogen) atoms. The Hall–Kier alpha value is -1.84. The monoisotopic (exact) mass is 232 g/mol. The second-order valence-electron chi connectivity index (χ2n) is 5.04. The molecular formula is C13H20N4. The summed E-state index contributed by atoms with van der Waals surface area (Å²) in [5, 5.41) is 7.57. The summed E-state index contributed by atoms with van der Waals surface area (Å²) in [6, 6.07) is 8.26. The van der Waals surface area contributed by atoms with Crippen molar-refractivity contribution in [2.45, 2.75) is 33.1 Å². The second-order valence-corrected chi connectivity index (χ2v) is 5.04. The van der Waals surface area contributed by atoms with Gasteiger partial charge in [0.15, 0.2) is 0 Å². The van der Waals surface area contributed by atoms with Crippen LogP contribution in [0.2, 0.25) is 0 Å². The van der Waals surface area contributed by atoms with Crippen molar-refractivity contribution in [1.29, 1.82) is 0 Å². The minimum Gasteiger partial charge on any atom is -0.369 e. The zero-order chi connectivity index (χ0) is 13.1. The molecule has 4 N–H and O–H groups in total. The van der Waals surface area contributed by atoms with Crippen molar-refractivity contribution in [2.75, 3.05) is 0 Å². The van der Waals surface area contributed by atoms with E-state index in [1.165, 1.54) is 5.56 Å². The Morgan fingerprint density at radius 3 is 1.94 bits per heavy atom. The number of rotatable bonds is 2. The first-order chi connectivity index (χ1) is 7.80. The van der Waals surface area contributed by atoms with Crippen LogP contribution in [0.5, 0.6) is 0 Å². The Morgan fingerprint density at radius 2 is 1.53 bits per heavy atom. The zero-order valence-corrected chi connectivity index (χ0v) is 10.9. The van der Waals surface area contributed by atoms with E-state index in [0.717, 1.165) is 11.3 Å². The lowest BCUT2D eigenvalue weighted by molar-refractivity contribution is 0.590. The summed E-state index contributed by atoms with van der Waals surface area (Å²) in [4.78, 5) is 0. The average Bonchev–Trinajstić information content (AvgIpc) is 2.25. The van der Waals surface area contributed by atoms with Crippen LogP contribution in [0.3, 0.4) is 0 Å². The molecule has 92 valence electrons. The lowest BCUT2D eigenvalue weighted by Gasteiger charge is -2.19. The Labute approximate surface area is 102 Å². The second kappa shape index (κ2) is 4.99. The largest absolute Gasteiger partial charge is 0.369 e. The highest BCUT2D eigenvalue weighted by Crippen LogP contribution is 2.22. The zero-order valence-electron chi connectivity index (χ0n) is 10.9. The predicted molar refractivity (Wildman–Crippen MR) is 73.2 cm³/mol. The van der Waals surface area contributed by atoms with Crippen LogP contribution < -0.4 is 11.5 Å². The van der Waals surface area contributed by atoms with Gasteiger partial charge in [-0.25, -0.2) is 0 Å². The third-order valence-electron chi connectivity index (χ3n) is 2.48. The predicted octanol–water partition coefficient (Wildman–Crippen LogP) is 1.98. The van der Waals surface area contributed by atoms with Crippen LogP contribution >= 0.6 is 0 Å². The fraction of sp³-hybridized carbons (Fsp3) is 0.385. The molecule has 0 radical (unpaired) electrons. The van der Waals surface area contributed by atoms with Crippen LogP contribution in [-0.2, 0) is 5.41 Å². The minimum absolute atomic E-state index is 0.0318. The Kier molecular flexibility index (Phi) is 3.89. The number of benzene rings is 1. The quantitative estimate of drug-likeness (QED) is 0.464. The molecular weight excluding hydrogens is 212 g/mol. The molecule has 0 saturated heterocycles. The first kappa shape index (κ1) is 13.2. The fourth-order valence-electron chi connectivity index (χ4n) is 1.40. The molecule has 0 unspecified atom stereocenters. The maximum Gasteiger partial charge on any atom is 0.211 e. The van der Waals surface area contributed by atoms with Gasteiger partial charge in [0.1, 0.15) is 0 Å². The van der Waals surface area contributed by atoms with Crippen LogP contribution in [0.25, 0.3) is 0 Å². The molecule has 0 saturated carbocycles. The fourth-order valence-corrected chi connectivity index (χ4v) is 1.40. The molecule has 0 aliphatic heterocycles. The standard InChI is InChI=1S/C13H20N4/c1-9(16-17-12(14)15)10-5-7-11(8-6-10)13(2,3)4/h5-8H,1-4H3,(H4,14,15,17). The number of hydrogen-bond donors (Lipinski definition) is 2. The Bertz CT molecular complexity index is 431. The first-order valence-corrected chi connectivity index (χ1v) is 5.55. The minimum atomic E-state index is -0.0318. The van der Waals surface area contributed by atoms with Gasteiger partial charge in [-0.15, -0.1) is 5.10 Å². The highest BCUT2D eigenvalue weighted by molar-refractivity contribution is 5.99. The van der Waals surface area contributed by atoms with Crippen LogP contribution in [0.15, 0.2) is 34.5 Å². The lowest BCUT2D eigenvalue weighted by Crippen LogP contribution is -2.22. The summed E-state index contributed by atoms with van der Waals surface area (Å²) in [6.07, 6.45) is 0. The van der Waals surface area contributed by atoms with Gasteiger partial charge >= 0.3 is 0 Å². The molecule has 1 aromatic rings. The van der Waals surface area contributed by atoms with E-state index in [2.05, 4.69) is 43.1 Å². The van der Waals surface area contributed by atoms with Gasteiger partial charge in [0, 0.05) is 0 Å². The highest BCUT2D eigenvalue weighted by Gasteiger charge is 2.12. The molecule has 0 atom stereocenters. The first-order valence-electron chi connectivity index (χ1n) is 5.55. The van der Waals surface area contributed by atoms with Crippen molar-refractivity contribution in [1.82, 2.24) is 0 Å². The van der Waals surface area contributed by atoms with E-state index in [0.29, 0.717) is 0 Å². The summed E-state index contributed by atoms with van der Waals surface area (Å²) in [5.74, 6) is -0.0318. The van der Waals surface area contributed by atoms with Gasteiger partial charge in [-0.3, -0.25) is 0 Å². The number of hydrogen-bond acceptors (Lipinski definition) is 2. The summed E-state index contributed by atoms with van der Waals surface area (Å²) in [7, 11) is 0. The maximum atomic E-state index is 5.22. The normalized spacial score (nSPS) is 12.4. The molecule has 0 aliphatic carbocycles. The molecule has 4 heteroatoms. The van der Waals surface area contributed by atoms with Gasteiger partial charge in [0.25, 0.3) is 0 Å². The SMILES string of the molecule is CC(=NN=C(N)N)c1ccc(C(C)(C)C)cc1. The van der Waals surface area contributed by atoms with Gasteiger partial charge < -0.3 is 11.5 Å². The molecule has 0 aliphatic rings. The molecule has 0 fully saturated rings. The van der Waals surface area contributed by atoms with Gasteiger partial charge in [-0.05, 0) is 23.5 Å². The van der Waals surface area contributed by atoms with E-state index in [9.17, 15) is 0 Å². The van der Waals surface area contributed by atoms with Gasteiger partial charge in [-0.2, -0.15) is 5.10 Å². The molecule has 1 rings (SSSR count). The van der Waals surface area contributed by atoms with Crippen LogP contribution in [-0.4, -0.2) is 11.7 Å². The highest BCUT2D eigenvalue weighted by atomic mass is 15.3. The summed E-state index contributed by atoms with van der Waals surface area (Å²) < 4.78 is 0. The Balaban J connectivity index is 2.96. The lowest BCUT2D eigenvalue weighted by atomic mass is 9.86. The summed E-state index contributed by atoms with van der Waals surface area (Å²) in [5.41, 5.74) is 13.7. The molecule has 0 amide bonds. The smallest absolute Gasteiger partial charge is 0.211 e. The third-order valence-corrected chi connectivity index (χ3v) is 2.48. The van der Waals surface area contributed by atoms with Crippen molar-refractivity contribution in [3.05, 3.63) is 35.4 Å². The van der Waals surface area contributed by atoms with E-state index in [1.807, 2.05) is 19.1 Å². The van der Waals surface area contributed by atoms with Crippen molar-refractivity contribution < 1.29 is 0 Å². The Morgan fingerprint density at radius 1 is 1.00 bits per heavy atom. The van der Waals surface area contributed by atoms with Crippen LogP contribution in [0.1, 0.15) is 38.8 Å². The molecule has 0 aromatic heterocycles. The molecule has 4 nitrogen and oxygen atoms in total. The van der Waals surface area contributed by atoms with Crippen LogP contribution in [0, 0.1) is 0 Å². The molecule has 0 heterocycles. The van der Waals surface area contributed by atoms with Crippen molar-refractivity contribution in [3.63, 3.8) is 0 Å². The van der Waals surface area contributed by atoms with Crippen molar-refractivity contribution in [2.24, 2.45) is 21.7 Å². The number of nitrogens with zero attached hydrogens (tertiary/aromatic N) is 2. The van der Waals surface area contributed by atoms with Gasteiger partial charge in [-0.1, -0.05) is 45.0 Å².